The van der Waals surface area contributed by atoms with Gasteiger partial charge in [0.1, 0.15) is 0 Å². The maximum absolute atomic E-state index is 12.5. The number of amides is 1. The first kappa shape index (κ1) is 13.6. The van der Waals surface area contributed by atoms with E-state index in [4.69, 9.17) is 0 Å². The first-order valence-corrected chi connectivity index (χ1v) is 5.99. The molecule has 1 rings (SSSR count). The van der Waals surface area contributed by atoms with Crippen molar-refractivity contribution in [3.05, 3.63) is 29.8 Å². The van der Waals surface area contributed by atoms with E-state index in [1.807, 2.05) is 0 Å². The number of pyridine rings is 1. The molecule has 1 heterocycles. The summed E-state index contributed by atoms with van der Waals surface area (Å²) in [7, 11) is 0. The van der Waals surface area contributed by atoms with E-state index in [1.165, 1.54) is 24.8 Å². The lowest BCUT2D eigenvalue weighted by Crippen LogP contribution is -2.24. The van der Waals surface area contributed by atoms with Crippen molar-refractivity contribution in [2.45, 2.75) is 33.1 Å². The van der Waals surface area contributed by atoms with Crippen molar-refractivity contribution >= 4 is 5.91 Å². The van der Waals surface area contributed by atoms with Crippen molar-refractivity contribution in [2.24, 2.45) is 5.92 Å². The average Bonchev–Trinajstić information content (AvgIpc) is 2.29. The SMILES string of the molecule is CC(C)CCCCNC(=O)c1ccc(F)nc1. The Labute approximate surface area is 101 Å². The Morgan fingerprint density at radius 2 is 2.18 bits per heavy atom. The highest BCUT2D eigenvalue weighted by molar-refractivity contribution is 5.93. The van der Waals surface area contributed by atoms with Crippen LogP contribution in [0.3, 0.4) is 0 Å². The van der Waals surface area contributed by atoms with Crippen LogP contribution in [0.15, 0.2) is 18.3 Å². The monoisotopic (exact) mass is 238 g/mol. The smallest absolute Gasteiger partial charge is 0.252 e. The van der Waals surface area contributed by atoms with Crippen LogP contribution in [-0.4, -0.2) is 17.4 Å². The Morgan fingerprint density at radius 1 is 1.41 bits per heavy atom. The molecule has 1 amide bonds. The van der Waals surface area contributed by atoms with E-state index in [0.717, 1.165) is 12.8 Å². The van der Waals surface area contributed by atoms with Gasteiger partial charge in [0.2, 0.25) is 5.95 Å². The van der Waals surface area contributed by atoms with Crippen molar-refractivity contribution in [2.75, 3.05) is 6.54 Å². The lowest BCUT2D eigenvalue weighted by Gasteiger charge is -2.06. The van der Waals surface area contributed by atoms with Crippen LogP contribution in [0.25, 0.3) is 0 Å². The normalized spacial score (nSPS) is 10.6. The number of hydrogen-bond acceptors (Lipinski definition) is 2. The van der Waals surface area contributed by atoms with Crippen LogP contribution < -0.4 is 5.32 Å². The molecule has 0 radical (unpaired) electrons. The van der Waals surface area contributed by atoms with E-state index in [9.17, 15) is 9.18 Å². The highest BCUT2D eigenvalue weighted by atomic mass is 19.1. The zero-order chi connectivity index (χ0) is 12.7. The second-order valence-electron chi connectivity index (χ2n) is 4.52. The number of halogens is 1. The molecule has 0 aromatic carbocycles. The number of nitrogens with zero attached hydrogens (tertiary/aromatic N) is 1. The summed E-state index contributed by atoms with van der Waals surface area (Å²) in [5.74, 6) is -0.0625. The van der Waals surface area contributed by atoms with Crippen LogP contribution in [-0.2, 0) is 0 Å². The van der Waals surface area contributed by atoms with E-state index in [1.54, 1.807) is 0 Å². The molecule has 0 bridgehead atoms. The quantitative estimate of drug-likeness (QED) is 0.611. The zero-order valence-corrected chi connectivity index (χ0v) is 10.4. The lowest BCUT2D eigenvalue weighted by molar-refractivity contribution is 0.0952. The molecule has 0 atom stereocenters. The van der Waals surface area contributed by atoms with Crippen LogP contribution in [0.2, 0.25) is 0 Å². The third-order valence-electron chi connectivity index (χ3n) is 2.48. The Hall–Kier alpha value is -1.45. The molecule has 0 saturated heterocycles. The molecule has 1 aromatic heterocycles. The van der Waals surface area contributed by atoms with Crippen molar-refractivity contribution in [1.82, 2.24) is 10.3 Å². The van der Waals surface area contributed by atoms with Crippen molar-refractivity contribution in [3.63, 3.8) is 0 Å². The number of hydrogen-bond donors (Lipinski definition) is 1. The second kappa shape index (κ2) is 6.99. The van der Waals surface area contributed by atoms with Gasteiger partial charge < -0.3 is 5.32 Å². The topological polar surface area (TPSA) is 42.0 Å². The molecular formula is C13H19FN2O. The van der Waals surface area contributed by atoms with Gasteiger partial charge in [-0.25, -0.2) is 4.98 Å². The summed E-state index contributed by atoms with van der Waals surface area (Å²) in [6.07, 6.45) is 4.50. The molecule has 1 aromatic rings. The predicted molar refractivity (Wildman–Crippen MR) is 65.2 cm³/mol. The summed E-state index contributed by atoms with van der Waals surface area (Å²) in [4.78, 5) is 15.0. The molecule has 0 aliphatic heterocycles. The molecule has 0 spiro atoms. The number of rotatable bonds is 6. The molecule has 4 heteroatoms. The molecule has 0 unspecified atom stereocenters. The van der Waals surface area contributed by atoms with E-state index in [2.05, 4.69) is 24.1 Å². The first-order chi connectivity index (χ1) is 8.09. The van der Waals surface area contributed by atoms with E-state index >= 15 is 0 Å². The summed E-state index contributed by atoms with van der Waals surface area (Å²) >= 11 is 0. The standard InChI is InChI=1S/C13H19FN2O/c1-10(2)5-3-4-8-15-13(17)11-6-7-12(14)16-9-11/h6-7,9-10H,3-5,8H2,1-2H3,(H,15,17). The fourth-order valence-electron chi connectivity index (χ4n) is 1.49. The molecule has 0 saturated carbocycles. The van der Waals surface area contributed by atoms with Gasteiger partial charge >= 0.3 is 0 Å². The minimum absolute atomic E-state index is 0.193. The summed E-state index contributed by atoms with van der Waals surface area (Å²) < 4.78 is 12.5. The minimum atomic E-state index is -0.571. The summed E-state index contributed by atoms with van der Waals surface area (Å²) in [5.41, 5.74) is 0.398. The summed E-state index contributed by atoms with van der Waals surface area (Å²) in [6.45, 7) is 5.02. The van der Waals surface area contributed by atoms with E-state index in [-0.39, 0.29) is 5.91 Å². The molecule has 0 aliphatic carbocycles. The molecule has 3 nitrogen and oxygen atoms in total. The first-order valence-electron chi connectivity index (χ1n) is 5.99. The molecule has 0 fully saturated rings. The van der Waals surface area contributed by atoms with Crippen LogP contribution in [0, 0.1) is 11.9 Å². The maximum atomic E-state index is 12.5. The number of carbonyl (C=O) groups is 1. The van der Waals surface area contributed by atoms with E-state index in [0.29, 0.717) is 18.0 Å². The van der Waals surface area contributed by atoms with Gasteiger partial charge in [0.15, 0.2) is 0 Å². The molecule has 94 valence electrons. The van der Waals surface area contributed by atoms with Gasteiger partial charge in [-0.05, 0) is 24.5 Å². The van der Waals surface area contributed by atoms with Crippen molar-refractivity contribution in [3.8, 4) is 0 Å². The Bertz CT molecular complexity index is 349. The van der Waals surface area contributed by atoms with Gasteiger partial charge in [-0.2, -0.15) is 4.39 Å². The van der Waals surface area contributed by atoms with Gasteiger partial charge in [-0.3, -0.25) is 4.79 Å². The average molecular weight is 238 g/mol. The maximum Gasteiger partial charge on any atom is 0.252 e. The van der Waals surface area contributed by atoms with Gasteiger partial charge in [0.25, 0.3) is 5.91 Å². The summed E-state index contributed by atoms with van der Waals surface area (Å²) in [6, 6.07) is 2.62. The van der Waals surface area contributed by atoms with Gasteiger partial charge in [-0.15, -0.1) is 0 Å². The van der Waals surface area contributed by atoms with Crippen LogP contribution in [0.4, 0.5) is 4.39 Å². The molecular weight excluding hydrogens is 219 g/mol. The number of carbonyl (C=O) groups excluding carboxylic acids is 1. The minimum Gasteiger partial charge on any atom is -0.352 e. The highest BCUT2D eigenvalue weighted by Crippen LogP contribution is 2.05. The fourth-order valence-corrected chi connectivity index (χ4v) is 1.49. The summed E-state index contributed by atoms with van der Waals surface area (Å²) in [5, 5.41) is 2.79. The van der Waals surface area contributed by atoms with Crippen LogP contribution >= 0.6 is 0 Å². The highest BCUT2D eigenvalue weighted by Gasteiger charge is 2.05. The van der Waals surface area contributed by atoms with Crippen LogP contribution in [0.5, 0.6) is 0 Å². The third kappa shape index (κ3) is 5.43. The Morgan fingerprint density at radius 3 is 2.76 bits per heavy atom. The third-order valence-corrected chi connectivity index (χ3v) is 2.48. The van der Waals surface area contributed by atoms with Gasteiger partial charge in [-0.1, -0.05) is 26.7 Å². The zero-order valence-electron chi connectivity index (χ0n) is 10.4. The number of nitrogens with one attached hydrogen (secondary N) is 1. The predicted octanol–water partition coefficient (Wildman–Crippen LogP) is 2.78. The molecule has 0 aliphatic rings. The fraction of sp³-hybridized carbons (Fsp3) is 0.538. The van der Waals surface area contributed by atoms with Gasteiger partial charge in [0, 0.05) is 12.7 Å². The Kier molecular flexibility index (Phi) is 5.60. The Balaban J connectivity index is 2.23. The van der Waals surface area contributed by atoms with Crippen LogP contribution in [0.1, 0.15) is 43.5 Å². The largest absolute Gasteiger partial charge is 0.352 e. The van der Waals surface area contributed by atoms with Crippen molar-refractivity contribution < 1.29 is 9.18 Å². The number of aromatic nitrogens is 1. The number of unbranched alkanes of at least 4 members (excludes halogenated alkanes) is 1. The van der Waals surface area contributed by atoms with Crippen molar-refractivity contribution in [1.29, 1.82) is 0 Å². The van der Waals surface area contributed by atoms with Gasteiger partial charge in [0.05, 0.1) is 5.56 Å². The molecule has 17 heavy (non-hydrogen) atoms. The second-order valence-corrected chi connectivity index (χ2v) is 4.52. The van der Waals surface area contributed by atoms with E-state index < -0.39 is 5.95 Å². The molecule has 1 N–H and O–H groups in total. The lowest BCUT2D eigenvalue weighted by atomic mass is 10.1.